The zero-order valence-corrected chi connectivity index (χ0v) is 16.9. The van der Waals surface area contributed by atoms with Gasteiger partial charge in [-0.25, -0.2) is 0 Å². The van der Waals surface area contributed by atoms with E-state index in [-0.39, 0.29) is 0 Å². The lowest BCUT2D eigenvalue weighted by Gasteiger charge is -2.17. The van der Waals surface area contributed by atoms with Gasteiger partial charge in [-0.05, 0) is 18.1 Å². The third-order valence-corrected chi connectivity index (χ3v) is 4.49. The van der Waals surface area contributed by atoms with Crippen molar-refractivity contribution in [3.63, 3.8) is 0 Å². The molecule has 2 aromatic carbocycles. The Morgan fingerprint density at radius 1 is 1.00 bits per heavy atom. The van der Waals surface area contributed by atoms with Gasteiger partial charge in [-0.3, -0.25) is 4.99 Å². The van der Waals surface area contributed by atoms with E-state index >= 15 is 0 Å². The second-order valence-corrected chi connectivity index (χ2v) is 6.11. The highest BCUT2D eigenvalue weighted by Crippen LogP contribution is 2.33. The van der Waals surface area contributed by atoms with Crippen LogP contribution < -0.4 is 24.8 Å². The quantitative estimate of drug-likeness (QED) is 0.534. The molecular formula is C20H26ClN3O3. The summed E-state index contributed by atoms with van der Waals surface area (Å²) in [6, 6.07) is 11.5. The normalized spacial score (nSPS) is 11.1. The molecule has 2 aromatic rings. The number of methoxy groups -OCH3 is 3. The van der Waals surface area contributed by atoms with Crippen molar-refractivity contribution < 1.29 is 14.2 Å². The lowest BCUT2D eigenvalue weighted by Crippen LogP contribution is -2.38. The molecule has 0 heterocycles. The second kappa shape index (κ2) is 10.5. The first kappa shape index (κ1) is 20.7. The SMILES string of the molecule is CN=C(NCCc1ccccc1Cl)NCc1c(OC)cc(OC)cc1OC. The predicted octanol–water partition coefficient (Wildman–Crippen LogP) is 3.27. The summed E-state index contributed by atoms with van der Waals surface area (Å²) < 4.78 is 16.2. The molecular weight excluding hydrogens is 366 g/mol. The molecule has 0 aliphatic rings. The van der Waals surface area contributed by atoms with Crippen LogP contribution in [-0.2, 0) is 13.0 Å². The van der Waals surface area contributed by atoms with Crippen LogP contribution in [-0.4, -0.2) is 40.9 Å². The van der Waals surface area contributed by atoms with Crippen molar-refractivity contribution >= 4 is 17.6 Å². The van der Waals surface area contributed by atoms with Crippen molar-refractivity contribution in [3.8, 4) is 17.2 Å². The van der Waals surface area contributed by atoms with E-state index in [4.69, 9.17) is 25.8 Å². The summed E-state index contributed by atoms with van der Waals surface area (Å²) in [5.74, 6) is 2.73. The fourth-order valence-corrected chi connectivity index (χ4v) is 2.89. The predicted molar refractivity (Wildman–Crippen MR) is 109 cm³/mol. The molecule has 0 fully saturated rings. The van der Waals surface area contributed by atoms with E-state index in [1.54, 1.807) is 28.4 Å². The first-order chi connectivity index (χ1) is 13.1. The molecule has 0 aliphatic carbocycles. The van der Waals surface area contributed by atoms with Crippen LogP contribution in [0.15, 0.2) is 41.4 Å². The van der Waals surface area contributed by atoms with E-state index in [1.807, 2.05) is 36.4 Å². The van der Waals surface area contributed by atoms with Crippen LogP contribution in [0.5, 0.6) is 17.2 Å². The van der Waals surface area contributed by atoms with Crippen LogP contribution >= 0.6 is 11.6 Å². The van der Waals surface area contributed by atoms with Crippen molar-refractivity contribution in [2.24, 2.45) is 4.99 Å². The molecule has 0 atom stereocenters. The van der Waals surface area contributed by atoms with Crippen molar-refractivity contribution in [1.29, 1.82) is 0 Å². The number of benzene rings is 2. The van der Waals surface area contributed by atoms with Gasteiger partial charge in [0.1, 0.15) is 17.2 Å². The maximum absolute atomic E-state index is 6.19. The molecule has 146 valence electrons. The largest absolute Gasteiger partial charge is 0.496 e. The molecule has 0 saturated heterocycles. The van der Waals surface area contributed by atoms with Gasteiger partial charge in [-0.15, -0.1) is 0 Å². The minimum absolute atomic E-state index is 0.488. The van der Waals surface area contributed by atoms with Gasteiger partial charge < -0.3 is 24.8 Å². The Morgan fingerprint density at radius 3 is 2.22 bits per heavy atom. The Hall–Kier alpha value is -2.60. The molecule has 0 aromatic heterocycles. The number of nitrogens with zero attached hydrogens (tertiary/aromatic N) is 1. The number of guanidine groups is 1. The van der Waals surface area contributed by atoms with Gasteiger partial charge in [0.25, 0.3) is 0 Å². The summed E-state index contributed by atoms with van der Waals surface area (Å²) in [7, 11) is 6.58. The van der Waals surface area contributed by atoms with Crippen molar-refractivity contribution in [2.45, 2.75) is 13.0 Å². The Balaban J connectivity index is 1.98. The van der Waals surface area contributed by atoms with Crippen molar-refractivity contribution in [2.75, 3.05) is 34.9 Å². The molecule has 2 rings (SSSR count). The smallest absolute Gasteiger partial charge is 0.191 e. The van der Waals surface area contributed by atoms with E-state index in [0.29, 0.717) is 36.3 Å². The number of halogens is 1. The molecule has 27 heavy (non-hydrogen) atoms. The molecule has 0 aliphatic heterocycles. The lowest BCUT2D eigenvalue weighted by molar-refractivity contribution is 0.368. The molecule has 0 radical (unpaired) electrons. The minimum Gasteiger partial charge on any atom is -0.496 e. The van der Waals surface area contributed by atoms with Crippen LogP contribution in [0.3, 0.4) is 0 Å². The number of hydrogen-bond donors (Lipinski definition) is 2. The van der Waals surface area contributed by atoms with Gasteiger partial charge in [0.05, 0.1) is 33.4 Å². The summed E-state index contributed by atoms with van der Waals surface area (Å²) in [5, 5.41) is 7.34. The third-order valence-electron chi connectivity index (χ3n) is 4.12. The zero-order chi connectivity index (χ0) is 19.6. The van der Waals surface area contributed by atoms with Crippen molar-refractivity contribution in [3.05, 3.63) is 52.5 Å². The summed E-state index contributed by atoms with van der Waals surface area (Å²) in [6.45, 7) is 1.20. The maximum Gasteiger partial charge on any atom is 0.191 e. The topological polar surface area (TPSA) is 64.1 Å². The molecule has 0 saturated carbocycles. The van der Waals surface area contributed by atoms with E-state index in [0.717, 1.165) is 22.6 Å². The molecule has 2 N–H and O–H groups in total. The second-order valence-electron chi connectivity index (χ2n) is 5.70. The molecule has 0 amide bonds. The van der Waals surface area contributed by atoms with Crippen LogP contribution in [0, 0.1) is 0 Å². The summed E-state index contributed by atoms with van der Waals surface area (Å²) in [6.07, 6.45) is 0.801. The fraction of sp³-hybridized carbons (Fsp3) is 0.350. The third kappa shape index (κ3) is 5.69. The molecule has 0 spiro atoms. The highest BCUT2D eigenvalue weighted by molar-refractivity contribution is 6.31. The molecule has 0 bridgehead atoms. The minimum atomic E-state index is 0.488. The van der Waals surface area contributed by atoms with Crippen LogP contribution in [0.1, 0.15) is 11.1 Å². The van der Waals surface area contributed by atoms with Gasteiger partial charge >= 0.3 is 0 Å². The Morgan fingerprint density at radius 2 is 1.67 bits per heavy atom. The number of rotatable bonds is 8. The first-order valence-corrected chi connectivity index (χ1v) is 8.97. The number of hydrogen-bond acceptors (Lipinski definition) is 4. The molecule has 6 nitrogen and oxygen atoms in total. The van der Waals surface area contributed by atoms with Gasteiger partial charge in [0, 0.05) is 30.7 Å². The molecule has 7 heteroatoms. The highest BCUT2D eigenvalue weighted by Gasteiger charge is 2.13. The van der Waals surface area contributed by atoms with E-state index in [2.05, 4.69) is 15.6 Å². The van der Waals surface area contributed by atoms with E-state index < -0.39 is 0 Å². The van der Waals surface area contributed by atoms with Gasteiger partial charge in [0.15, 0.2) is 5.96 Å². The van der Waals surface area contributed by atoms with Gasteiger partial charge in [-0.2, -0.15) is 0 Å². The highest BCUT2D eigenvalue weighted by atomic mass is 35.5. The fourth-order valence-electron chi connectivity index (χ4n) is 2.66. The summed E-state index contributed by atoms with van der Waals surface area (Å²) in [5.41, 5.74) is 1.98. The lowest BCUT2D eigenvalue weighted by atomic mass is 10.1. The van der Waals surface area contributed by atoms with Gasteiger partial charge in [-0.1, -0.05) is 29.8 Å². The molecule has 0 unspecified atom stereocenters. The maximum atomic E-state index is 6.19. The van der Waals surface area contributed by atoms with Crippen LogP contribution in [0.4, 0.5) is 0 Å². The standard InChI is InChI=1S/C20H26ClN3O3/c1-22-20(23-10-9-14-7-5-6-8-17(14)21)24-13-16-18(26-3)11-15(25-2)12-19(16)27-4/h5-8,11-12H,9-10,13H2,1-4H3,(H2,22,23,24). The number of aliphatic imine (C=N–C) groups is 1. The van der Waals surface area contributed by atoms with Crippen molar-refractivity contribution in [1.82, 2.24) is 10.6 Å². The van der Waals surface area contributed by atoms with Gasteiger partial charge in [0.2, 0.25) is 0 Å². The summed E-state index contributed by atoms with van der Waals surface area (Å²) >= 11 is 6.19. The van der Waals surface area contributed by atoms with E-state index in [1.165, 1.54) is 0 Å². The zero-order valence-electron chi connectivity index (χ0n) is 16.1. The first-order valence-electron chi connectivity index (χ1n) is 8.59. The van der Waals surface area contributed by atoms with Crippen LogP contribution in [0.25, 0.3) is 0 Å². The Labute approximate surface area is 165 Å². The average molecular weight is 392 g/mol. The monoisotopic (exact) mass is 391 g/mol. The van der Waals surface area contributed by atoms with E-state index in [9.17, 15) is 0 Å². The Kier molecular flexibility index (Phi) is 8.07. The number of nitrogens with one attached hydrogen (secondary N) is 2. The summed E-state index contributed by atoms with van der Waals surface area (Å²) in [4.78, 5) is 4.26. The Bertz CT molecular complexity index is 756. The average Bonchev–Trinajstić information content (AvgIpc) is 2.71. The van der Waals surface area contributed by atoms with Crippen LogP contribution in [0.2, 0.25) is 5.02 Å². The number of ether oxygens (including phenoxy) is 3.